The lowest BCUT2D eigenvalue weighted by Crippen LogP contribution is -1.86. The third-order valence-corrected chi connectivity index (χ3v) is 2.58. The van der Waals surface area contributed by atoms with E-state index < -0.39 is 0 Å². The summed E-state index contributed by atoms with van der Waals surface area (Å²) in [7, 11) is 0. The molecule has 0 spiro atoms. The molecule has 0 atom stereocenters. The Bertz CT molecular complexity index is 550. The topological polar surface area (TPSA) is 12.9 Å². The smallest absolute Gasteiger partial charge is 0.0704 e. The maximum atomic E-state index is 4.48. The summed E-state index contributed by atoms with van der Waals surface area (Å²) >= 11 is 0. The van der Waals surface area contributed by atoms with Crippen molar-refractivity contribution in [3.05, 3.63) is 60.5 Å². The average molecular weight is 239 g/mol. The number of aromatic nitrogens is 1. The van der Waals surface area contributed by atoms with Crippen molar-refractivity contribution in [1.29, 1.82) is 0 Å². The lowest BCUT2D eigenvalue weighted by Gasteiger charge is -2.03. The molecule has 94 valence electrons. The molecule has 0 saturated heterocycles. The molecule has 1 heteroatoms. The Labute approximate surface area is 110 Å². The van der Waals surface area contributed by atoms with Crippen LogP contribution in [-0.4, -0.2) is 4.98 Å². The molecule has 1 aromatic carbocycles. The van der Waals surface area contributed by atoms with Crippen LogP contribution < -0.4 is 0 Å². The van der Waals surface area contributed by atoms with Crippen LogP contribution in [0, 0.1) is 0 Å². The molecule has 1 nitrogen and oxygen atoms in total. The zero-order valence-corrected chi connectivity index (χ0v) is 11.6. The molecule has 2 rings (SSSR count). The van der Waals surface area contributed by atoms with Gasteiger partial charge in [0.05, 0.1) is 5.69 Å². The number of allylic oxidation sites excluding steroid dienone is 4. The van der Waals surface area contributed by atoms with Gasteiger partial charge in [0.1, 0.15) is 0 Å². The average Bonchev–Trinajstić information content (AvgIpc) is 2.46. The van der Waals surface area contributed by atoms with E-state index in [2.05, 4.69) is 41.4 Å². The Morgan fingerprint density at radius 2 is 1.72 bits per heavy atom. The maximum absolute atomic E-state index is 4.48. The third kappa shape index (κ3) is 3.30. The van der Waals surface area contributed by atoms with E-state index in [0.717, 1.165) is 11.3 Å². The summed E-state index contributed by atoms with van der Waals surface area (Å²) in [4.78, 5) is 4.48. The molecule has 18 heavy (non-hydrogen) atoms. The highest BCUT2D eigenvalue weighted by molar-refractivity contribution is 5.85. The number of hydrogen-bond acceptors (Lipinski definition) is 1. The van der Waals surface area contributed by atoms with E-state index in [0.29, 0.717) is 0 Å². The molecule has 0 saturated carbocycles. The summed E-state index contributed by atoms with van der Waals surface area (Å²) in [6.45, 7) is 8.05. The first-order valence-corrected chi connectivity index (χ1v) is 6.49. The second-order valence-electron chi connectivity index (χ2n) is 3.66. The van der Waals surface area contributed by atoms with Gasteiger partial charge < -0.3 is 0 Å². The van der Waals surface area contributed by atoms with E-state index in [4.69, 9.17) is 0 Å². The van der Waals surface area contributed by atoms with E-state index in [1.807, 2.05) is 46.0 Å². The predicted octanol–water partition coefficient (Wildman–Crippen LogP) is 5.24. The van der Waals surface area contributed by atoms with E-state index in [1.54, 1.807) is 0 Å². The molecular formula is C17H21N. The number of pyridine rings is 1. The Morgan fingerprint density at radius 3 is 2.33 bits per heavy atom. The van der Waals surface area contributed by atoms with Crippen molar-refractivity contribution in [2.75, 3.05) is 0 Å². The summed E-state index contributed by atoms with van der Waals surface area (Å²) < 4.78 is 0. The minimum absolute atomic E-state index is 1.03. The van der Waals surface area contributed by atoms with Crippen LogP contribution in [0.15, 0.2) is 54.8 Å². The number of nitrogens with zero attached hydrogens (tertiary/aromatic N) is 1. The van der Waals surface area contributed by atoms with Gasteiger partial charge in [0.2, 0.25) is 0 Å². The van der Waals surface area contributed by atoms with Gasteiger partial charge in [-0.2, -0.15) is 0 Å². The molecule has 0 bridgehead atoms. The van der Waals surface area contributed by atoms with Gasteiger partial charge in [-0.25, -0.2) is 0 Å². The fourth-order valence-electron chi connectivity index (χ4n) is 1.75. The molecule has 0 aliphatic rings. The second kappa shape index (κ2) is 7.44. The zero-order chi connectivity index (χ0) is 13.4. The molecule has 0 radical (unpaired) electrons. The van der Waals surface area contributed by atoms with Crippen LogP contribution in [0.5, 0.6) is 0 Å². The highest BCUT2D eigenvalue weighted by Gasteiger charge is 1.99. The molecule has 1 aromatic heterocycles. The molecule has 0 unspecified atom stereocenters. The van der Waals surface area contributed by atoms with Crippen LogP contribution in [0.2, 0.25) is 0 Å². The van der Waals surface area contributed by atoms with Crippen LogP contribution in [0.3, 0.4) is 0 Å². The van der Waals surface area contributed by atoms with Gasteiger partial charge in [-0.1, -0.05) is 56.3 Å². The largest absolute Gasteiger partial charge is 0.256 e. The molecule has 0 fully saturated rings. The molecule has 2 aromatic rings. The van der Waals surface area contributed by atoms with Gasteiger partial charge >= 0.3 is 0 Å². The Kier molecular flexibility index (Phi) is 5.86. The van der Waals surface area contributed by atoms with Crippen molar-refractivity contribution in [1.82, 2.24) is 4.98 Å². The normalized spacial score (nSPS) is 11.4. The van der Waals surface area contributed by atoms with E-state index >= 15 is 0 Å². The van der Waals surface area contributed by atoms with Crippen LogP contribution in [0.25, 0.3) is 16.3 Å². The van der Waals surface area contributed by atoms with Gasteiger partial charge in [0.15, 0.2) is 0 Å². The molecule has 0 aliphatic heterocycles. The summed E-state index contributed by atoms with van der Waals surface area (Å²) in [5.74, 6) is 0. The lowest BCUT2D eigenvalue weighted by atomic mass is 10.1. The van der Waals surface area contributed by atoms with E-state index in [1.165, 1.54) is 10.8 Å². The number of benzene rings is 1. The number of fused-ring (bicyclic) bond motifs is 1. The van der Waals surface area contributed by atoms with Crippen LogP contribution in [-0.2, 0) is 0 Å². The monoisotopic (exact) mass is 239 g/mol. The SMILES string of the molecule is C/C=C\C(=C/C)c1cc2ccccc2cn1.CC. The van der Waals surface area contributed by atoms with Crippen molar-refractivity contribution in [3.63, 3.8) is 0 Å². The first kappa shape index (κ1) is 14.2. The Morgan fingerprint density at radius 1 is 1.06 bits per heavy atom. The van der Waals surface area contributed by atoms with Crippen LogP contribution in [0.1, 0.15) is 33.4 Å². The van der Waals surface area contributed by atoms with E-state index in [9.17, 15) is 0 Å². The van der Waals surface area contributed by atoms with E-state index in [-0.39, 0.29) is 0 Å². The van der Waals surface area contributed by atoms with Crippen molar-refractivity contribution in [2.24, 2.45) is 0 Å². The molecule has 0 N–H and O–H groups in total. The number of rotatable bonds is 2. The summed E-state index contributed by atoms with van der Waals surface area (Å²) in [5, 5.41) is 2.42. The van der Waals surface area contributed by atoms with Crippen molar-refractivity contribution < 1.29 is 0 Å². The Hall–Kier alpha value is -1.89. The molecule has 0 amide bonds. The molecule has 1 heterocycles. The van der Waals surface area contributed by atoms with Gasteiger partial charge in [0, 0.05) is 11.6 Å². The predicted molar refractivity (Wildman–Crippen MR) is 81.6 cm³/mol. The molecule has 0 aliphatic carbocycles. The lowest BCUT2D eigenvalue weighted by molar-refractivity contribution is 1.31. The fourth-order valence-corrected chi connectivity index (χ4v) is 1.75. The van der Waals surface area contributed by atoms with Gasteiger partial charge in [-0.3, -0.25) is 4.98 Å². The summed E-state index contributed by atoms with van der Waals surface area (Å²) in [6, 6.07) is 10.4. The third-order valence-electron chi connectivity index (χ3n) is 2.58. The minimum atomic E-state index is 1.03. The van der Waals surface area contributed by atoms with Crippen molar-refractivity contribution in [3.8, 4) is 0 Å². The Balaban J connectivity index is 0.000000771. The van der Waals surface area contributed by atoms with Crippen LogP contribution in [0.4, 0.5) is 0 Å². The quantitative estimate of drug-likeness (QED) is 0.653. The standard InChI is InChI=1S/C15H15N.C2H6/c1-3-7-12(4-2)15-10-13-8-5-6-9-14(13)11-16-15;1-2/h3-11H,1-2H3;1-2H3/b7-3-,12-4+;. The zero-order valence-electron chi connectivity index (χ0n) is 11.6. The summed E-state index contributed by atoms with van der Waals surface area (Å²) in [5.41, 5.74) is 2.19. The number of hydrogen-bond donors (Lipinski definition) is 0. The minimum Gasteiger partial charge on any atom is -0.256 e. The highest BCUT2D eigenvalue weighted by atomic mass is 14.7. The first-order valence-electron chi connectivity index (χ1n) is 6.49. The van der Waals surface area contributed by atoms with Crippen molar-refractivity contribution >= 4 is 16.3 Å². The van der Waals surface area contributed by atoms with Gasteiger partial charge in [-0.05, 0) is 30.9 Å². The molecular weight excluding hydrogens is 218 g/mol. The first-order chi connectivity index (χ1) is 8.85. The summed E-state index contributed by atoms with van der Waals surface area (Å²) in [6.07, 6.45) is 8.12. The van der Waals surface area contributed by atoms with Gasteiger partial charge in [-0.15, -0.1) is 0 Å². The van der Waals surface area contributed by atoms with Crippen LogP contribution >= 0.6 is 0 Å². The van der Waals surface area contributed by atoms with Crippen molar-refractivity contribution in [2.45, 2.75) is 27.7 Å². The maximum Gasteiger partial charge on any atom is 0.0704 e. The second-order valence-corrected chi connectivity index (χ2v) is 3.66. The fraction of sp³-hybridized carbons (Fsp3) is 0.235. The van der Waals surface area contributed by atoms with Gasteiger partial charge in [0.25, 0.3) is 0 Å². The highest BCUT2D eigenvalue weighted by Crippen LogP contribution is 2.19.